The number of nitrogens with zero attached hydrogens (tertiary/aromatic N) is 6. The van der Waals surface area contributed by atoms with Gasteiger partial charge in [-0.15, -0.1) is 0 Å². The second kappa shape index (κ2) is 9.70. The topological polar surface area (TPSA) is 108 Å². The molecule has 0 spiro atoms. The van der Waals surface area contributed by atoms with Gasteiger partial charge in [0.25, 0.3) is 0 Å². The molecular formula is C23H34N8O. The van der Waals surface area contributed by atoms with Crippen LogP contribution in [0.25, 0.3) is 0 Å². The lowest BCUT2D eigenvalue weighted by atomic mass is 10.0. The Morgan fingerprint density at radius 3 is 1.41 bits per heavy atom. The van der Waals surface area contributed by atoms with Gasteiger partial charge >= 0.3 is 0 Å². The molecule has 2 saturated heterocycles. The molecule has 4 N–H and O–H groups in total. The molecule has 9 nitrogen and oxygen atoms in total. The van der Waals surface area contributed by atoms with Crippen LogP contribution in [-0.4, -0.2) is 90.0 Å². The van der Waals surface area contributed by atoms with Crippen LogP contribution >= 0.6 is 0 Å². The second-order valence-electron chi connectivity index (χ2n) is 8.68. The monoisotopic (exact) mass is 438 g/mol. The molecule has 2 aliphatic heterocycles. The summed E-state index contributed by atoms with van der Waals surface area (Å²) in [5, 5.41) is 0. The average molecular weight is 439 g/mol. The third kappa shape index (κ3) is 4.94. The van der Waals surface area contributed by atoms with Gasteiger partial charge in [0.05, 0.1) is 35.9 Å². The van der Waals surface area contributed by atoms with Crippen molar-refractivity contribution in [2.75, 3.05) is 73.6 Å². The van der Waals surface area contributed by atoms with Crippen LogP contribution in [0.2, 0.25) is 0 Å². The predicted octanol–water partition coefficient (Wildman–Crippen LogP) is 0.931. The molecule has 2 atom stereocenters. The fourth-order valence-corrected chi connectivity index (χ4v) is 4.61. The number of pyridine rings is 2. The third-order valence-corrected chi connectivity index (χ3v) is 6.82. The Balaban J connectivity index is 1.26. The minimum absolute atomic E-state index is 0.0870. The first-order valence-electron chi connectivity index (χ1n) is 11.4. The van der Waals surface area contributed by atoms with Gasteiger partial charge in [-0.1, -0.05) is 0 Å². The summed E-state index contributed by atoms with van der Waals surface area (Å²) in [4.78, 5) is 30.8. The standard InChI is InChI=1S/C23H34N8O/c1-17(28-7-11-30(12-8-28)19-3-5-21(24)26-15-19)23(32)18(2)29-9-13-31(14-10-29)20-4-6-22(25)27-16-20/h3-6,15-18H,7-14H2,1-2H3,(H2,24,26)(H2,25,27). The van der Waals surface area contributed by atoms with Crippen LogP contribution in [0.1, 0.15) is 13.8 Å². The van der Waals surface area contributed by atoms with Crippen molar-refractivity contribution < 1.29 is 4.79 Å². The Labute approximate surface area is 190 Å². The summed E-state index contributed by atoms with van der Waals surface area (Å²) in [5.41, 5.74) is 13.6. The van der Waals surface area contributed by atoms with Gasteiger partial charge < -0.3 is 21.3 Å². The predicted molar refractivity (Wildman–Crippen MR) is 129 cm³/mol. The van der Waals surface area contributed by atoms with E-state index in [1.165, 1.54) is 0 Å². The number of rotatable bonds is 6. The number of hydrogen-bond donors (Lipinski definition) is 2. The summed E-state index contributed by atoms with van der Waals surface area (Å²) in [5.74, 6) is 1.37. The Morgan fingerprint density at radius 1 is 0.719 bits per heavy atom. The van der Waals surface area contributed by atoms with Crippen molar-refractivity contribution in [1.82, 2.24) is 19.8 Å². The largest absolute Gasteiger partial charge is 0.384 e. The summed E-state index contributed by atoms with van der Waals surface area (Å²) in [6, 6.07) is 7.51. The van der Waals surface area contributed by atoms with E-state index in [2.05, 4.69) is 43.4 Å². The lowest BCUT2D eigenvalue weighted by Crippen LogP contribution is -2.57. The molecule has 0 aromatic carbocycles. The Kier molecular flexibility index (Phi) is 6.76. The molecule has 172 valence electrons. The van der Waals surface area contributed by atoms with E-state index in [9.17, 15) is 4.79 Å². The number of Topliss-reactive ketones (excluding diaryl/α,β-unsaturated/α-hetero) is 1. The van der Waals surface area contributed by atoms with Crippen molar-refractivity contribution in [2.45, 2.75) is 25.9 Å². The summed E-state index contributed by atoms with van der Waals surface area (Å²) in [6.45, 7) is 11.1. The number of anilines is 4. The molecule has 4 heterocycles. The summed E-state index contributed by atoms with van der Waals surface area (Å²) >= 11 is 0. The number of nitrogen functional groups attached to an aromatic ring is 2. The van der Waals surface area contributed by atoms with Crippen molar-refractivity contribution >= 4 is 28.8 Å². The molecule has 9 heteroatoms. The molecule has 2 aromatic rings. The molecule has 2 aromatic heterocycles. The number of piperazine rings is 2. The first-order valence-corrected chi connectivity index (χ1v) is 11.4. The molecule has 0 saturated carbocycles. The molecule has 32 heavy (non-hydrogen) atoms. The Bertz CT molecular complexity index is 814. The van der Waals surface area contributed by atoms with E-state index in [0.717, 1.165) is 63.7 Å². The van der Waals surface area contributed by atoms with Crippen molar-refractivity contribution in [3.8, 4) is 0 Å². The fourth-order valence-electron chi connectivity index (χ4n) is 4.61. The number of ketones is 1. The van der Waals surface area contributed by atoms with Crippen LogP contribution < -0.4 is 21.3 Å². The zero-order valence-corrected chi connectivity index (χ0v) is 19.0. The van der Waals surface area contributed by atoms with E-state index < -0.39 is 0 Å². The number of aromatic nitrogens is 2. The average Bonchev–Trinajstić information content (AvgIpc) is 2.84. The summed E-state index contributed by atoms with van der Waals surface area (Å²) < 4.78 is 0. The SMILES string of the molecule is CC(C(=O)C(C)N1CCN(c2ccc(N)nc2)CC1)N1CCN(c2ccc(N)nc2)CC1. The highest BCUT2D eigenvalue weighted by Gasteiger charge is 2.32. The minimum atomic E-state index is -0.0870. The van der Waals surface area contributed by atoms with E-state index in [1.807, 2.05) is 36.7 Å². The molecular weight excluding hydrogens is 404 g/mol. The molecule has 0 bridgehead atoms. The van der Waals surface area contributed by atoms with Gasteiger partial charge in [0.15, 0.2) is 5.78 Å². The normalized spacial score (nSPS) is 20.2. The number of nitrogens with two attached hydrogens (primary N) is 2. The van der Waals surface area contributed by atoms with Crippen LogP contribution in [0.4, 0.5) is 23.0 Å². The lowest BCUT2D eigenvalue weighted by Gasteiger charge is -2.42. The lowest BCUT2D eigenvalue weighted by molar-refractivity contribution is -0.128. The molecule has 2 aliphatic rings. The molecule has 0 aliphatic carbocycles. The van der Waals surface area contributed by atoms with Crippen LogP contribution in [0, 0.1) is 0 Å². The minimum Gasteiger partial charge on any atom is -0.384 e. The zero-order chi connectivity index (χ0) is 22.7. The first-order chi connectivity index (χ1) is 15.4. The maximum absolute atomic E-state index is 13.3. The van der Waals surface area contributed by atoms with Crippen molar-refractivity contribution in [3.63, 3.8) is 0 Å². The highest BCUT2D eigenvalue weighted by atomic mass is 16.1. The van der Waals surface area contributed by atoms with Crippen molar-refractivity contribution in [2.24, 2.45) is 0 Å². The van der Waals surface area contributed by atoms with Gasteiger partial charge in [-0.25, -0.2) is 9.97 Å². The number of carbonyl (C=O) groups excluding carboxylic acids is 1. The Hall–Kier alpha value is -2.91. The Morgan fingerprint density at radius 2 is 1.09 bits per heavy atom. The van der Waals surface area contributed by atoms with E-state index in [-0.39, 0.29) is 12.1 Å². The zero-order valence-electron chi connectivity index (χ0n) is 19.0. The van der Waals surface area contributed by atoms with Gasteiger partial charge in [0.2, 0.25) is 0 Å². The highest BCUT2D eigenvalue weighted by Crippen LogP contribution is 2.20. The van der Waals surface area contributed by atoms with Crippen LogP contribution in [0.5, 0.6) is 0 Å². The second-order valence-corrected chi connectivity index (χ2v) is 8.68. The van der Waals surface area contributed by atoms with Gasteiger partial charge in [-0.05, 0) is 38.1 Å². The smallest absolute Gasteiger partial charge is 0.166 e. The van der Waals surface area contributed by atoms with Crippen LogP contribution in [0.3, 0.4) is 0 Å². The maximum Gasteiger partial charge on any atom is 0.166 e. The first kappa shape index (κ1) is 22.3. The van der Waals surface area contributed by atoms with Gasteiger partial charge in [0.1, 0.15) is 11.6 Å². The van der Waals surface area contributed by atoms with Gasteiger partial charge in [0, 0.05) is 52.4 Å². The van der Waals surface area contributed by atoms with E-state index in [1.54, 1.807) is 0 Å². The van der Waals surface area contributed by atoms with Crippen LogP contribution in [0.15, 0.2) is 36.7 Å². The molecule has 0 amide bonds. The van der Waals surface area contributed by atoms with Crippen LogP contribution in [-0.2, 0) is 4.79 Å². The molecule has 4 rings (SSSR count). The summed E-state index contributed by atoms with van der Waals surface area (Å²) in [6.07, 6.45) is 3.64. The number of carbonyl (C=O) groups is 1. The van der Waals surface area contributed by atoms with Gasteiger partial charge in [-0.2, -0.15) is 0 Å². The fraction of sp³-hybridized carbons (Fsp3) is 0.522. The van der Waals surface area contributed by atoms with E-state index >= 15 is 0 Å². The molecule has 2 unspecified atom stereocenters. The van der Waals surface area contributed by atoms with E-state index in [0.29, 0.717) is 17.4 Å². The van der Waals surface area contributed by atoms with Crippen molar-refractivity contribution in [1.29, 1.82) is 0 Å². The van der Waals surface area contributed by atoms with Crippen molar-refractivity contribution in [3.05, 3.63) is 36.7 Å². The molecule has 0 radical (unpaired) electrons. The maximum atomic E-state index is 13.3. The van der Waals surface area contributed by atoms with Gasteiger partial charge in [-0.3, -0.25) is 14.6 Å². The number of hydrogen-bond acceptors (Lipinski definition) is 9. The highest BCUT2D eigenvalue weighted by molar-refractivity contribution is 5.88. The van der Waals surface area contributed by atoms with E-state index in [4.69, 9.17) is 11.5 Å². The third-order valence-electron chi connectivity index (χ3n) is 6.82. The quantitative estimate of drug-likeness (QED) is 0.681. The summed E-state index contributed by atoms with van der Waals surface area (Å²) in [7, 11) is 0. The molecule has 2 fully saturated rings.